The Kier molecular flexibility index (Phi) is 9.09. The molecule has 4 rings (SSSR count). The van der Waals surface area contributed by atoms with Gasteiger partial charge >= 0.3 is 12.2 Å². The van der Waals surface area contributed by atoms with Crippen molar-refractivity contribution in [3.8, 4) is 6.01 Å². The topological polar surface area (TPSA) is 70.5 Å². The highest BCUT2D eigenvalue weighted by molar-refractivity contribution is 5.76. The smallest absolute Gasteiger partial charge is 0.414 e. The van der Waals surface area contributed by atoms with Gasteiger partial charge in [-0.1, -0.05) is 43.3 Å². The van der Waals surface area contributed by atoms with E-state index >= 15 is 0 Å². The molecule has 2 N–H and O–H groups in total. The molecule has 3 aromatic rings. The molecular formula is C29H35F3N4O2. The number of hydrogen-bond donors (Lipinski definition) is 2. The van der Waals surface area contributed by atoms with Gasteiger partial charge in [0, 0.05) is 13.1 Å². The van der Waals surface area contributed by atoms with Crippen LogP contribution in [-0.4, -0.2) is 47.1 Å². The van der Waals surface area contributed by atoms with E-state index in [0.29, 0.717) is 24.6 Å². The molecule has 1 aliphatic heterocycles. The number of rotatable bonds is 10. The zero-order valence-electron chi connectivity index (χ0n) is 21.8. The zero-order chi connectivity index (χ0) is 27.1. The minimum atomic E-state index is -4.64. The highest BCUT2D eigenvalue weighted by Gasteiger charge is 2.39. The molecule has 204 valence electrons. The van der Waals surface area contributed by atoms with Crippen LogP contribution in [0.5, 0.6) is 6.01 Å². The van der Waals surface area contributed by atoms with Crippen molar-refractivity contribution >= 4 is 17.1 Å². The lowest BCUT2D eigenvalue weighted by Gasteiger charge is -2.35. The Labute approximate surface area is 221 Å². The summed E-state index contributed by atoms with van der Waals surface area (Å²) in [5.41, 5.74) is 4.48. The maximum absolute atomic E-state index is 13.1. The maximum Gasteiger partial charge on any atom is 0.414 e. The average Bonchev–Trinajstić information content (AvgIpc) is 2.93. The number of piperidine rings is 1. The highest BCUT2D eigenvalue weighted by Crippen LogP contribution is 2.39. The molecule has 0 aliphatic carbocycles. The van der Waals surface area contributed by atoms with Crippen LogP contribution < -0.4 is 15.0 Å². The van der Waals surface area contributed by atoms with Crippen LogP contribution in [0.3, 0.4) is 0 Å². The van der Waals surface area contributed by atoms with Crippen molar-refractivity contribution in [2.75, 3.05) is 29.9 Å². The van der Waals surface area contributed by atoms with Gasteiger partial charge in [0.2, 0.25) is 0 Å². The van der Waals surface area contributed by atoms with E-state index in [1.165, 1.54) is 5.56 Å². The third-order valence-corrected chi connectivity index (χ3v) is 7.16. The number of nitrogens with one attached hydrogen (secondary N) is 1. The summed E-state index contributed by atoms with van der Waals surface area (Å²) in [6.07, 6.45) is -1.65. The van der Waals surface area contributed by atoms with E-state index in [-0.39, 0.29) is 12.4 Å². The number of aliphatic hydroxyl groups excluding tert-OH is 1. The third-order valence-electron chi connectivity index (χ3n) is 7.16. The van der Waals surface area contributed by atoms with Crippen molar-refractivity contribution < 1.29 is 23.0 Å². The number of aromatic nitrogens is 2. The largest absolute Gasteiger partial charge is 0.464 e. The first kappa shape index (κ1) is 27.7. The first-order chi connectivity index (χ1) is 18.3. The fraction of sp³-hybridized carbons (Fsp3) is 0.448. The minimum Gasteiger partial charge on any atom is -0.464 e. The summed E-state index contributed by atoms with van der Waals surface area (Å²) in [6.45, 7) is 5.87. The Hall–Kier alpha value is -3.33. The molecule has 1 saturated heterocycles. The Bertz CT molecular complexity index is 1150. The second-order valence-electron chi connectivity index (χ2n) is 9.66. The second kappa shape index (κ2) is 12.5. The molecule has 0 radical (unpaired) electrons. The van der Waals surface area contributed by atoms with Gasteiger partial charge in [0.05, 0.1) is 36.1 Å². The van der Waals surface area contributed by atoms with Crippen molar-refractivity contribution in [3.63, 3.8) is 0 Å². The van der Waals surface area contributed by atoms with Gasteiger partial charge in [-0.15, -0.1) is 0 Å². The predicted octanol–water partition coefficient (Wildman–Crippen LogP) is 6.81. The lowest BCUT2D eigenvalue weighted by molar-refractivity contribution is -0.206. The molecule has 1 aromatic heterocycles. The second-order valence-corrected chi connectivity index (χ2v) is 9.66. The van der Waals surface area contributed by atoms with Gasteiger partial charge in [0.15, 0.2) is 0 Å². The van der Waals surface area contributed by atoms with Crippen LogP contribution in [0.1, 0.15) is 62.5 Å². The van der Waals surface area contributed by atoms with E-state index in [2.05, 4.69) is 44.5 Å². The summed E-state index contributed by atoms with van der Waals surface area (Å²) < 4.78 is 44.6. The van der Waals surface area contributed by atoms with Crippen LogP contribution in [0.4, 0.5) is 30.2 Å². The molecule has 0 amide bonds. The van der Waals surface area contributed by atoms with Crippen LogP contribution in [0.15, 0.2) is 60.9 Å². The van der Waals surface area contributed by atoms with Gasteiger partial charge in [-0.05, 0) is 67.7 Å². The van der Waals surface area contributed by atoms with E-state index in [4.69, 9.17) is 4.74 Å². The molecule has 1 fully saturated rings. The quantitative estimate of drug-likeness (QED) is 0.301. The van der Waals surface area contributed by atoms with Gasteiger partial charge < -0.3 is 20.1 Å². The molecule has 1 aliphatic rings. The summed E-state index contributed by atoms with van der Waals surface area (Å²) in [7, 11) is 0. The summed E-state index contributed by atoms with van der Waals surface area (Å²) in [5.74, 6) is 0.0533. The number of nitrogens with zero attached hydrogens (tertiary/aromatic N) is 3. The summed E-state index contributed by atoms with van der Waals surface area (Å²) in [4.78, 5) is 10.8. The number of benzene rings is 2. The van der Waals surface area contributed by atoms with Crippen molar-refractivity contribution in [3.05, 3.63) is 72.1 Å². The van der Waals surface area contributed by atoms with Crippen LogP contribution in [0, 0.1) is 0 Å². The molecular weight excluding hydrogens is 493 g/mol. The normalized spacial score (nSPS) is 16.2. The van der Waals surface area contributed by atoms with E-state index in [1.54, 1.807) is 12.4 Å². The molecule has 6 nitrogen and oxygen atoms in total. The number of anilines is 3. The first-order valence-corrected chi connectivity index (χ1v) is 13.2. The summed E-state index contributed by atoms with van der Waals surface area (Å²) in [5, 5.41) is 13.1. The monoisotopic (exact) mass is 528 g/mol. The van der Waals surface area contributed by atoms with Crippen molar-refractivity contribution in [2.45, 2.75) is 63.6 Å². The number of aliphatic hydroxyl groups is 1. The summed E-state index contributed by atoms with van der Waals surface area (Å²) in [6, 6.07) is 16.5. The molecule has 0 saturated carbocycles. The molecule has 38 heavy (non-hydrogen) atoms. The van der Waals surface area contributed by atoms with Crippen LogP contribution in [0.25, 0.3) is 0 Å². The number of halogens is 3. The standard InChI is InChI=1S/C29H35F3N4O2/c1-3-20(17-27(37)29(30,31)32)23-10-11-26(25(16-23)35-24-18-33-28(34-19-24)38-4-2)36-14-12-22(13-15-36)21-8-6-5-7-9-21/h5-11,16,18-20,22,27,35,37H,3-4,12-15,17H2,1-2H3. The van der Waals surface area contributed by atoms with Gasteiger partial charge in [-0.25, -0.2) is 9.97 Å². The summed E-state index contributed by atoms with van der Waals surface area (Å²) >= 11 is 0. The molecule has 0 spiro atoms. The Morgan fingerprint density at radius 3 is 2.34 bits per heavy atom. The lowest BCUT2D eigenvalue weighted by atomic mass is 9.88. The highest BCUT2D eigenvalue weighted by atomic mass is 19.4. The SMILES string of the molecule is CCOc1ncc(Nc2cc(C(CC)CC(O)C(F)(F)F)ccc2N2CCC(c3ccccc3)CC2)cn1. The number of hydrogen-bond acceptors (Lipinski definition) is 6. The molecule has 9 heteroatoms. The first-order valence-electron chi connectivity index (χ1n) is 13.2. The zero-order valence-corrected chi connectivity index (χ0v) is 21.8. The number of ether oxygens (including phenoxy) is 1. The minimum absolute atomic E-state index is 0.280. The Morgan fingerprint density at radius 1 is 1.05 bits per heavy atom. The van der Waals surface area contributed by atoms with E-state index in [0.717, 1.165) is 42.9 Å². The molecule has 2 unspecified atom stereocenters. The fourth-order valence-corrected chi connectivity index (χ4v) is 5.04. The van der Waals surface area contributed by atoms with Gasteiger partial charge in [0.25, 0.3) is 0 Å². The van der Waals surface area contributed by atoms with E-state index < -0.39 is 18.2 Å². The molecule has 0 bridgehead atoms. The molecule has 2 aromatic carbocycles. The van der Waals surface area contributed by atoms with Crippen LogP contribution >= 0.6 is 0 Å². The fourth-order valence-electron chi connectivity index (χ4n) is 5.04. The van der Waals surface area contributed by atoms with Crippen molar-refractivity contribution in [2.24, 2.45) is 0 Å². The third kappa shape index (κ3) is 6.95. The van der Waals surface area contributed by atoms with Crippen LogP contribution in [0.2, 0.25) is 0 Å². The Morgan fingerprint density at radius 2 is 1.74 bits per heavy atom. The maximum atomic E-state index is 13.1. The van der Waals surface area contributed by atoms with Gasteiger partial charge in [-0.3, -0.25) is 0 Å². The van der Waals surface area contributed by atoms with Gasteiger partial charge in [-0.2, -0.15) is 13.2 Å². The van der Waals surface area contributed by atoms with Crippen molar-refractivity contribution in [1.82, 2.24) is 9.97 Å². The average molecular weight is 529 g/mol. The van der Waals surface area contributed by atoms with E-state index in [9.17, 15) is 18.3 Å². The molecule has 2 atom stereocenters. The van der Waals surface area contributed by atoms with Gasteiger partial charge in [0.1, 0.15) is 6.10 Å². The van der Waals surface area contributed by atoms with E-state index in [1.807, 2.05) is 38.1 Å². The van der Waals surface area contributed by atoms with Crippen molar-refractivity contribution in [1.29, 1.82) is 0 Å². The Balaban J connectivity index is 1.59. The lowest BCUT2D eigenvalue weighted by Crippen LogP contribution is -2.33. The number of alkyl halides is 3. The predicted molar refractivity (Wildman–Crippen MR) is 143 cm³/mol. The van der Waals surface area contributed by atoms with Crippen LogP contribution in [-0.2, 0) is 0 Å². The molecule has 2 heterocycles.